The van der Waals surface area contributed by atoms with Crippen molar-refractivity contribution < 1.29 is 33.5 Å². The van der Waals surface area contributed by atoms with E-state index in [0.29, 0.717) is 13.1 Å². The van der Waals surface area contributed by atoms with Crippen LogP contribution in [0.3, 0.4) is 0 Å². The van der Waals surface area contributed by atoms with Crippen molar-refractivity contribution in [3.63, 3.8) is 0 Å². The molecule has 2 unspecified atom stereocenters. The molecule has 0 aromatic heterocycles. The lowest BCUT2D eigenvalue weighted by molar-refractivity contribution is -0.165. The molecule has 3 rings (SSSR count). The molecular weight excluding hydrogens is 444 g/mol. The van der Waals surface area contributed by atoms with Gasteiger partial charge in [-0.3, -0.25) is 33.8 Å². The summed E-state index contributed by atoms with van der Waals surface area (Å²) < 4.78 is 5.10. The molecule has 0 aliphatic carbocycles. The smallest absolute Gasteiger partial charge is 0.330 e. The van der Waals surface area contributed by atoms with E-state index in [9.17, 15) is 28.8 Å². The lowest BCUT2D eigenvalue weighted by atomic mass is 10.0. The molecule has 182 valence electrons. The Bertz CT molecular complexity index is 985. The first kappa shape index (κ1) is 25.0. The Morgan fingerprint density at radius 3 is 2.24 bits per heavy atom. The molecule has 1 aromatic carbocycles. The highest BCUT2D eigenvalue weighted by molar-refractivity contribution is 6.23. The standard InChI is InChI=1S/C23H28N4O7/c1-4-25(5-2)12-18(28)24-14(3)23(33)34-13-26-19(29)11-10-17(22(26)32)27-20(30)15-8-6-7-9-16(15)21(27)31/h6-9,14,17H,4-5,10-13H2,1-3H3,(H,24,28). The SMILES string of the molecule is CCN(CC)CC(=O)NC(C)C(=O)OCN1C(=O)CCC(N2C(=O)c3ccccc3C2=O)C1=O. The summed E-state index contributed by atoms with van der Waals surface area (Å²) in [4.78, 5) is 78.7. The summed E-state index contributed by atoms with van der Waals surface area (Å²) >= 11 is 0. The van der Waals surface area contributed by atoms with Crippen molar-refractivity contribution in [3.05, 3.63) is 35.4 Å². The molecule has 0 radical (unpaired) electrons. The molecule has 2 heterocycles. The summed E-state index contributed by atoms with van der Waals surface area (Å²) in [6.07, 6.45) is -0.108. The molecule has 0 saturated carbocycles. The number of esters is 1. The Morgan fingerprint density at radius 1 is 1.09 bits per heavy atom. The van der Waals surface area contributed by atoms with Gasteiger partial charge in [0.1, 0.15) is 12.1 Å². The summed E-state index contributed by atoms with van der Waals surface area (Å²) in [5.41, 5.74) is 0.397. The maximum atomic E-state index is 13.0. The van der Waals surface area contributed by atoms with E-state index in [1.54, 1.807) is 12.1 Å². The topological polar surface area (TPSA) is 133 Å². The number of amides is 5. The fraction of sp³-hybridized carbons (Fsp3) is 0.478. The normalized spacial score (nSPS) is 18.9. The molecule has 0 spiro atoms. The molecule has 0 bridgehead atoms. The van der Waals surface area contributed by atoms with Gasteiger partial charge in [-0.05, 0) is 38.6 Å². The first-order valence-electron chi connectivity index (χ1n) is 11.2. The average molecular weight is 472 g/mol. The van der Waals surface area contributed by atoms with Crippen LogP contribution in [-0.2, 0) is 23.9 Å². The quantitative estimate of drug-likeness (QED) is 0.397. The van der Waals surface area contributed by atoms with E-state index in [1.807, 2.05) is 18.7 Å². The van der Waals surface area contributed by atoms with Crippen molar-refractivity contribution in [2.75, 3.05) is 26.4 Å². The predicted octanol–water partition coefficient (Wildman–Crippen LogP) is 0.147. The number of imide groups is 2. The average Bonchev–Trinajstić information content (AvgIpc) is 3.07. The maximum Gasteiger partial charge on any atom is 0.330 e. The van der Waals surface area contributed by atoms with E-state index in [2.05, 4.69) is 5.32 Å². The highest BCUT2D eigenvalue weighted by atomic mass is 16.5. The molecule has 5 amide bonds. The van der Waals surface area contributed by atoms with Gasteiger partial charge in [0.25, 0.3) is 17.7 Å². The Labute approximate surface area is 197 Å². The number of carbonyl (C=O) groups is 6. The number of ether oxygens (including phenoxy) is 1. The van der Waals surface area contributed by atoms with Crippen LogP contribution >= 0.6 is 0 Å². The number of rotatable bonds is 9. The second kappa shape index (κ2) is 10.6. The minimum atomic E-state index is -1.17. The zero-order valence-corrected chi connectivity index (χ0v) is 19.4. The third kappa shape index (κ3) is 4.98. The zero-order chi connectivity index (χ0) is 25.0. The third-order valence-corrected chi connectivity index (χ3v) is 5.95. The molecule has 34 heavy (non-hydrogen) atoms. The number of benzene rings is 1. The maximum absolute atomic E-state index is 13.0. The minimum absolute atomic E-state index is 0.00853. The largest absolute Gasteiger partial charge is 0.442 e. The molecule has 2 aliphatic heterocycles. The van der Waals surface area contributed by atoms with Crippen LogP contribution in [-0.4, -0.2) is 88.7 Å². The Balaban J connectivity index is 1.61. The van der Waals surface area contributed by atoms with Gasteiger partial charge in [0.05, 0.1) is 17.7 Å². The Hall–Kier alpha value is -3.60. The molecular formula is C23H28N4O7. The van der Waals surface area contributed by atoms with Crippen LogP contribution < -0.4 is 5.32 Å². The van der Waals surface area contributed by atoms with Gasteiger partial charge in [-0.25, -0.2) is 9.69 Å². The molecule has 2 aliphatic rings. The molecule has 1 N–H and O–H groups in total. The monoisotopic (exact) mass is 472 g/mol. The third-order valence-electron chi connectivity index (χ3n) is 5.95. The number of nitrogens with one attached hydrogen (secondary N) is 1. The highest BCUT2D eigenvalue weighted by Gasteiger charge is 2.47. The van der Waals surface area contributed by atoms with Crippen LogP contribution in [0.1, 0.15) is 54.3 Å². The van der Waals surface area contributed by atoms with Crippen LogP contribution in [0, 0.1) is 0 Å². The van der Waals surface area contributed by atoms with Gasteiger partial charge < -0.3 is 10.1 Å². The summed E-state index contributed by atoms with van der Waals surface area (Å²) in [5, 5.41) is 2.52. The van der Waals surface area contributed by atoms with Crippen LogP contribution in [0.2, 0.25) is 0 Å². The first-order valence-corrected chi connectivity index (χ1v) is 11.2. The summed E-state index contributed by atoms with van der Waals surface area (Å²) in [6, 6.07) is 4.08. The highest BCUT2D eigenvalue weighted by Crippen LogP contribution is 2.28. The number of likely N-dealkylation sites (N-methyl/N-ethyl adjacent to an activating group) is 1. The molecule has 1 saturated heterocycles. The summed E-state index contributed by atoms with van der Waals surface area (Å²) in [5.74, 6) is -3.76. The van der Waals surface area contributed by atoms with E-state index in [4.69, 9.17) is 4.74 Å². The number of piperidine rings is 1. The number of likely N-dealkylation sites (tertiary alicyclic amines) is 1. The minimum Gasteiger partial charge on any atom is -0.442 e. The zero-order valence-electron chi connectivity index (χ0n) is 19.4. The van der Waals surface area contributed by atoms with E-state index < -0.39 is 48.4 Å². The van der Waals surface area contributed by atoms with Gasteiger partial charge in [-0.2, -0.15) is 0 Å². The van der Waals surface area contributed by atoms with Crippen LogP contribution in [0.4, 0.5) is 0 Å². The van der Waals surface area contributed by atoms with Crippen LogP contribution in [0.5, 0.6) is 0 Å². The van der Waals surface area contributed by atoms with Crippen molar-refractivity contribution in [2.24, 2.45) is 0 Å². The first-order chi connectivity index (χ1) is 16.2. The lowest BCUT2D eigenvalue weighted by Gasteiger charge is -2.34. The molecule has 11 heteroatoms. The fourth-order valence-corrected chi connectivity index (χ4v) is 3.94. The van der Waals surface area contributed by atoms with Gasteiger partial charge in [0.15, 0.2) is 6.73 Å². The van der Waals surface area contributed by atoms with E-state index >= 15 is 0 Å². The number of hydrogen-bond acceptors (Lipinski definition) is 8. The fourth-order valence-electron chi connectivity index (χ4n) is 3.94. The van der Waals surface area contributed by atoms with Crippen molar-refractivity contribution >= 4 is 35.5 Å². The number of carbonyl (C=O) groups excluding carboxylic acids is 6. The number of fused-ring (bicyclic) bond motifs is 1. The molecule has 1 aromatic rings. The van der Waals surface area contributed by atoms with Gasteiger partial charge in [0, 0.05) is 6.42 Å². The molecule has 11 nitrogen and oxygen atoms in total. The predicted molar refractivity (Wildman–Crippen MR) is 118 cm³/mol. The van der Waals surface area contributed by atoms with Crippen LogP contribution in [0.25, 0.3) is 0 Å². The van der Waals surface area contributed by atoms with Gasteiger partial charge >= 0.3 is 5.97 Å². The Kier molecular flexibility index (Phi) is 7.77. The van der Waals surface area contributed by atoms with Gasteiger partial charge in [-0.1, -0.05) is 26.0 Å². The molecule has 1 fully saturated rings. The van der Waals surface area contributed by atoms with Crippen LogP contribution in [0.15, 0.2) is 24.3 Å². The lowest BCUT2D eigenvalue weighted by Crippen LogP contribution is -2.57. The second-order valence-electron chi connectivity index (χ2n) is 8.08. The summed E-state index contributed by atoms with van der Waals surface area (Å²) in [7, 11) is 0. The van der Waals surface area contributed by atoms with Crippen molar-refractivity contribution in [1.82, 2.24) is 20.0 Å². The second-order valence-corrected chi connectivity index (χ2v) is 8.08. The number of hydrogen-bond donors (Lipinski definition) is 1. The Morgan fingerprint density at radius 2 is 1.68 bits per heavy atom. The van der Waals surface area contributed by atoms with Crippen molar-refractivity contribution in [1.29, 1.82) is 0 Å². The summed E-state index contributed by atoms with van der Waals surface area (Å²) in [6.45, 7) is 6.06. The van der Waals surface area contributed by atoms with E-state index in [0.717, 1.165) is 9.80 Å². The number of nitrogens with zero attached hydrogens (tertiary/aromatic N) is 3. The van der Waals surface area contributed by atoms with Gasteiger partial charge in [0.2, 0.25) is 11.8 Å². The van der Waals surface area contributed by atoms with Crippen molar-refractivity contribution in [2.45, 2.75) is 45.7 Å². The van der Waals surface area contributed by atoms with Gasteiger partial charge in [-0.15, -0.1) is 0 Å². The molecule has 2 atom stereocenters. The van der Waals surface area contributed by atoms with E-state index in [1.165, 1.54) is 19.1 Å². The van der Waals surface area contributed by atoms with Crippen molar-refractivity contribution in [3.8, 4) is 0 Å². The van der Waals surface area contributed by atoms with E-state index in [-0.39, 0.29) is 36.4 Å².